The van der Waals surface area contributed by atoms with Crippen molar-refractivity contribution in [3.63, 3.8) is 0 Å². The Balaban J connectivity index is 1.85. The van der Waals surface area contributed by atoms with Gasteiger partial charge in [0.25, 0.3) is 5.91 Å². The molecule has 0 aliphatic heterocycles. The molecule has 3 aromatic rings. The van der Waals surface area contributed by atoms with Gasteiger partial charge in [-0.2, -0.15) is 5.10 Å². The highest BCUT2D eigenvalue weighted by Crippen LogP contribution is 2.21. The summed E-state index contributed by atoms with van der Waals surface area (Å²) in [6, 6.07) is 11.4. The Morgan fingerprint density at radius 3 is 2.70 bits per heavy atom. The number of anilines is 1. The van der Waals surface area contributed by atoms with Crippen LogP contribution in [0, 0.1) is 0 Å². The number of hydrogen-bond acceptors (Lipinski definition) is 3. The molecule has 0 saturated carbocycles. The summed E-state index contributed by atoms with van der Waals surface area (Å²) >= 11 is 0. The third-order valence-electron chi connectivity index (χ3n) is 3.17. The number of rotatable bonds is 3. The average molecular weight is 266 g/mol. The molecule has 0 spiro atoms. The van der Waals surface area contributed by atoms with E-state index < -0.39 is 0 Å². The van der Waals surface area contributed by atoms with Gasteiger partial charge in [-0.05, 0) is 22.9 Å². The van der Waals surface area contributed by atoms with Gasteiger partial charge in [0, 0.05) is 24.0 Å². The van der Waals surface area contributed by atoms with Crippen LogP contribution in [-0.4, -0.2) is 16.1 Å². The second kappa shape index (κ2) is 5.05. The van der Waals surface area contributed by atoms with Gasteiger partial charge in [0.05, 0.1) is 11.8 Å². The quantitative estimate of drug-likeness (QED) is 0.634. The number of nitrogens with two attached hydrogens (primary N) is 1. The lowest BCUT2D eigenvalue weighted by Crippen LogP contribution is -2.23. The smallest absolute Gasteiger partial charge is 0.253 e. The zero-order chi connectivity index (χ0) is 13.9. The minimum atomic E-state index is -0.186. The van der Waals surface area contributed by atoms with Crippen LogP contribution in [0.4, 0.5) is 5.69 Å². The van der Waals surface area contributed by atoms with Crippen molar-refractivity contribution in [2.45, 2.75) is 6.54 Å². The van der Waals surface area contributed by atoms with E-state index in [9.17, 15) is 4.79 Å². The first-order chi connectivity index (χ1) is 9.74. The molecule has 0 radical (unpaired) electrons. The number of H-pyrrole nitrogens is 1. The van der Waals surface area contributed by atoms with Gasteiger partial charge in [0.2, 0.25) is 0 Å². The fourth-order valence-corrected chi connectivity index (χ4v) is 2.11. The Bertz CT molecular complexity index is 750. The number of nitrogen functional groups attached to an aromatic ring is 1. The molecule has 1 heterocycles. The molecular weight excluding hydrogens is 252 g/mol. The second-order valence-electron chi connectivity index (χ2n) is 4.58. The molecule has 0 aliphatic rings. The Labute approximate surface area is 115 Å². The number of carbonyl (C=O) groups excluding carboxylic acids is 1. The SMILES string of the molecule is Nc1cc2ccccc2cc1C(=O)NCc1cn[nH]c1. The third-order valence-corrected chi connectivity index (χ3v) is 3.17. The number of hydrogen-bond donors (Lipinski definition) is 3. The first kappa shape index (κ1) is 12.2. The van der Waals surface area contributed by atoms with Crippen LogP contribution < -0.4 is 11.1 Å². The summed E-state index contributed by atoms with van der Waals surface area (Å²) < 4.78 is 0. The Morgan fingerprint density at radius 1 is 1.25 bits per heavy atom. The molecule has 20 heavy (non-hydrogen) atoms. The molecule has 0 fully saturated rings. The summed E-state index contributed by atoms with van der Waals surface area (Å²) in [6.07, 6.45) is 3.41. The number of aromatic nitrogens is 2. The third kappa shape index (κ3) is 2.33. The average Bonchev–Trinajstić information content (AvgIpc) is 2.97. The number of amides is 1. The molecule has 5 heteroatoms. The van der Waals surface area contributed by atoms with E-state index in [4.69, 9.17) is 5.73 Å². The van der Waals surface area contributed by atoms with Gasteiger partial charge in [-0.3, -0.25) is 9.89 Å². The van der Waals surface area contributed by atoms with Crippen LogP contribution in [0.3, 0.4) is 0 Å². The lowest BCUT2D eigenvalue weighted by Gasteiger charge is -2.08. The van der Waals surface area contributed by atoms with Gasteiger partial charge >= 0.3 is 0 Å². The molecule has 4 N–H and O–H groups in total. The zero-order valence-electron chi connectivity index (χ0n) is 10.8. The maximum atomic E-state index is 12.2. The van der Waals surface area contributed by atoms with Gasteiger partial charge in [-0.1, -0.05) is 24.3 Å². The zero-order valence-corrected chi connectivity index (χ0v) is 10.8. The normalized spacial score (nSPS) is 10.6. The fraction of sp³-hybridized carbons (Fsp3) is 0.0667. The van der Waals surface area contributed by atoms with Crippen molar-refractivity contribution in [3.05, 3.63) is 59.9 Å². The van der Waals surface area contributed by atoms with E-state index in [2.05, 4.69) is 15.5 Å². The molecule has 100 valence electrons. The summed E-state index contributed by atoms with van der Waals surface area (Å²) in [6.45, 7) is 0.418. The van der Waals surface area contributed by atoms with Gasteiger partial charge in [-0.15, -0.1) is 0 Å². The highest BCUT2D eigenvalue weighted by Gasteiger charge is 2.10. The number of carbonyl (C=O) groups is 1. The Hall–Kier alpha value is -2.82. The molecule has 3 rings (SSSR count). The monoisotopic (exact) mass is 266 g/mol. The summed E-state index contributed by atoms with van der Waals surface area (Å²) in [4.78, 5) is 12.2. The van der Waals surface area contributed by atoms with Gasteiger partial charge in [0.1, 0.15) is 0 Å². The second-order valence-corrected chi connectivity index (χ2v) is 4.58. The van der Waals surface area contributed by atoms with E-state index in [1.165, 1.54) is 0 Å². The summed E-state index contributed by atoms with van der Waals surface area (Å²) in [5, 5.41) is 11.4. The van der Waals surface area contributed by atoms with Gasteiger partial charge in [0.15, 0.2) is 0 Å². The van der Waals surface area contributed by atoms with Crippen molar-refractivity contribution in [2.24, 2.45) is 0 Å². The van der Waals surface area contributed by atoms with E-state index >= 15 is 0 Å². The molecule has 1 amide bonds. The molecule has 0 unspecified atom stereocenters. The topological polar surface area (TPSA) is 83.8 Å². The van der Waals surface area contributed by atoms with Gasteiger partial charge in [-0.25, -0.2) is 0 Å². The van der Waals surface area contributed by atoms with Crippen molar-refractivity contribution < 1.29 is 4.79 Å². The highest BCUT2D eigenvalue weighted by molar-refractivity contribution is 6.03. The van der Waals surface area contributed by atoms with E-state index in [1.54, 1.807) is 12.4 Å². The van der Waals surface area contributed by atoms with Crippen LogP contribution >= 0.6 is 0 Å². The van der Waals surface area contributed by atoms with Crippen LogP contribution in [0.25, 0.3) is 10.8 Å². The largest absolute Gasteiger partial charge is 0.398 e. The van der Waals surface area contributed by atoms with Crippen molar-refractivity contribution in [1.82, 2.24) is 15.5 Å². The number of nitrogens with zero attached hydrogens (tertiary/aromatic N) is 1. The Kier molecular flexibility index (Phi) is 3.09. The van der Waals surface area contributed by atoms with Crippen LogP contribution in [0.15, 0.2) is 48.8 Å². The summed E-state index contributed by atoms with van der Waals surface area (Å²) in [5.74, 6) is -0.186. The van der Waals surface area contributed by atoms with E-state index in [-0.39, 0.29) is 5.91 Å². The minimum absolute atomic E-state index is 0.186. The van der Waals surface area contributed by atoms with Crippen molar-refractivity contribution in [1.29, 1.82) is 0 Å². The molecule has 5 nitrogen and oxygen atoms in total. The molecule has 0 saturated heterocycles. The lowest BCUT2D eigenvalue weighted by molar-refractivity contribution is 0.0952. The molecule has 1 aromatic heterocycles. The van der Waals surface area contributed by atoms with Crippen molar-refractivity contribution >= 4 is 22.4 Å². The predicted molar refractivity (Wildman–Crippen MR) is 78.1 cm³/mol. The predicted octanol–water partition coefficient (Wildman–Crippen LogP) is 2.08. The number of benzene rings is 2. The number of aromatic amines is 1. The van der Waals surface area contributed by atoms with Crippen molar-refractivity contribution in [2.75, 3.05) is 5.73 Å². The molecule has 0 aliphatic carbocycles. The fourth-order valence-electron chi connectivity index (χ4n) is 2.11. The molecular formula is C15H14N4O. The molecule has 2 aromatic carbocycles. The van der Waals surface area contributed by atoms with E-state index in [0.717, 1.165) is 16.3 Å². The Morgan fingerprint density at radius 2 is 2.00 bits per heavy atom. The van der Waals surface area contributed by atoms with Crippen LogP contribution in [0.5, 0.6) is 0 Å². The van der Waals surface area contributed by atoms with Crippen molar-refractivity contribution in [3.8, 4) is 0 Å². The standard InChI is InChI=1S/C15H14N4O/c16-14-6-12-4-2-1-3-11(12)5-13(14)15(20)17-7-10-8-18-19-9-10/h1-6,8-9H,7,16H2,(H,17,20)(H,18,19). The van der Waals surface area contributed by atoms with Crippen LogP contribution in [-0.2, 0) is 6.54 Å². The summed E-state index contributed by atoms with van der Waals surface area (Å²) in [7, 11) is 0. The first-order valence-electron chi connectivity index (χ1n) is 6.28. The summed E-state index contributed by atoms with van der Waals surface area (Å²) in [5.41, 5.74) is 7.84. The molecule has 0 atom stereocenters. The minimum Gasteiger partial charge on any atom is -0.398 e. The van der Waals surface area contributed by atoms with E-state index in [0.29, 0.717) is 17.8 Å². The van der Waals surface area contributed by atoms with Gasteiger partial charge < -0.3 is 11.1 Å². The van der Waals surface area contributed by atoms with Crippen LogP contribution in [0.1, 0.15) is 15.9 Å². The number of nitrogens with one attached hydrogen (secondary N) is 2. The number of fused-ring (bicyclic) bond motifs is 1. The first-order valence-corrected chi connectivity index (χ1v) is 6.28. The molecule has 0 bridgehead atoms. The lowest BCUT2D eigenvalue weighted by atomic mass is 10.0. The van der Waals surface area contributed by atoms with E-state index in [1.807, 2.05) is 36.4 Å². The maximum absolute atomic E-state index is 12.2. The highest BCUT2D eigenvalue weighted by atomic mass is 16.1. The maximum Gasteiger partial charge on any atom is 0.253 e. The van der Waals surface area contributed by atoms with Crippen LogP contribution in [0.2, 0.25) is 0 Å².